The van der Waals surface area contributed by atoms with Crippen molar-refractivity contribution in [1.82, 2.24) is 0 Å². The van der Waals surface area contributed by atoms with Crippen molar-refractivity contribution in [2.45, 2.75) is 46.0 Å². The van der Waals surface area contributed by atoms with Crippen LogP contribution in [0.5, 0.6) is 17.2 Å². The Balaban J connectivity index is 1.43. The molecule has 3 heterocycles. The number of ether oxygens (including phenoxy) is 3. The lowest BCUT2D eigenvalue weighted by molar-refractivity contribution is -0.626. The zero-order valence-electron chi connectivity index (χ0n) is 26.0. The first-order chi connectivity index (χ1) is 21.6. The first kappa shape index (κ1) is 27.0. The zero-order chi connectivity index (χ0) is 30.9. The molecule has 0 radical (unpaired) electrons. The lowest BCUT2D eigenvalue weighted by Gasteiger charge is -2.61. The quantitative estimate of drug-likeness (QED) is 0.150. The van der Waals surface area contributed by atoms with Gasteiger partial charge in [-0.2, -0.15) is 4.89 Å². The van der Waals surface area contributed by atoms with Crippen LogP contribution in [0.25, 0.3) is 54.2 Å². The molecule has 3 aliphatic heterocycles. The summed E-state index contributed by atoms with van der Waals surface area (Å²) in [5.41, 5.74) is 1.15. The summed E-state index contributed by atoms with van der Waals surface area (Å²) in [5, 5.41) is 19.7. The van der Waals surface area contributed by atoms with Crippen LogP contribution in [-0.2, 0) is 20.3 Å². The fraction of sp³-hybridized carbons (Fsp3) is 0.282. The summed E-state index contributed by atoms with van der Waals surface area (Å²) in [6, 6.07) is 28.8. The maximum absolute atomic E-state index is 11.4. The van der Waals surface area contributed by atoms with Crippen LogP contribution < -0.4 is 9.47 Å². The van der Waals surface area contributed by atoms with Crippen LogP contribution in [0.1, 0.15) is 40.2 Å². The van der Waals surface area contributed by atoms with Crippen molar-refractivity contribution in [3.8, 4) is 28.4 Å². The second-order valence-corrected chi connectivity index (χ2v) is 14.3. The van der Waals surface area contributed by atoms with Gasteiger partial charge in [-0.3, -0.25) is 0 Å². The molecule has 2 fully saturated rings. The highest BCUT2D eigenvalue weighted by molar-refractivity contribution is 6.23. The standard InChI is InChI=1S/C39H34O6/c1-36(2,3)39-37(4,5)20-43-38(39,44-45-39)29-19-25(40)18-28-27(29)15-12-24-14-17-31-35(33(24)28)34-30(41-21-42-31)16-13-23-11-10-22-8-6-7-9-26(22)32(23)34/h6-19,40H,20-21H2,1-5H3. The van der Waals surface area contributed by atoms with E-state index in [4.69, 9.17) is 24.0 Å². The summed E-state index contributed by atoms with van der Waals surface area (Å²) < 4.78 is 19.2. The van der Waals surface area contributed by atoms with E-state index in [0.717, 1.165) is 71.3 Å². The molecule has 0 bridgehead atoms. The monoisotopic (exact) mass is 598 g/mol. The molecule has 0 amide bonds. The van der Waals surface area contributed by atoms with E-state index in [1.165, 1.54) is 0 Å². The Kier molecular flexibility index (Phi) is 5.20. The largest absolute Gasteiger partial charge is 0.508 e. The van der Waals surface area contributed by atoms with E-state index >= 15 is 0 Å². The fourth-order valence-corrected chi connectivity index (χ4v) is 8.68. The average Bonchev–Trinajstić information content (AvgIpc) is 3.09. The summed E-state index contributed by atoms with van der Waals surface area (Å²) in [5.74, 6) is 0.399. The van der Waals surface area contributed by atoms with Crippen LogP contribution in [0.2, 0.25) is 0 Å². The molecule has 2 unspecified atom stereocenters. The molecule has 6 nitrogen and oxygen atoms in total. The Morgan fingerprint density at radius 3 is 1.96 bits per heavy atom. The van der Waals surface area contributed by atoms with Crippen LogP contribution in [0.15, 0.2) is 84.9 Å². The molecular formula is C39H34O6. The number of benzene rings is 6. The van der Waals surface area contributed by atoms with E-state index in [0.29, 0.717) is 6.61 Å². The Morgan fingerprint density at radius 2 is 1.29 bits per heavy atom. The Labute approximate surface area is 261 Å². The molecule has 0 spiro atoms. The van der Waals surface area contributed by atoms with Gasteiger partial charge in [0.2, 0.25) is 6.79 Å². The number of hydrogen-bond acceptors (Lipinski definition) is 6. The zero-order valence-corrected chi connectivity index (χ0v) is 26.0. The maximum Gasteiger partial charge on any atom is 0.262 e. The predicted molar refractivity (Wildman–Crippen MR) is 175 cm³/mol. The van der Waals surface area contributed by atoms with E-state index in [1.54, 1.807) is 6.07 Å². The summed E-state index contributed by atoms with van der Waals surface area (Å²) in [6.07, 6.45) is 0. The predicted octanol–water partition coefficient (Wildman–Crippen LogP) is 9.36. The Morgan fingerprint density at radius 1 is 0.667 bits per heavy atom. The van der Waals surface area contributed by atoms with E-state index in [1.807, 2.05) is 18.2 Å². The molecule has 2 atom stereocenters. The third-order valence-corrected chi connectivity index (χ3v) is 10.4. The molecule has 9 rings (SSSR count). The van der Waals surface area contributed by atoms with Crippen LogP contribution in [0, 0.1) is 10.8 Å². The van der Waals surface area contributed by atoms with Gasteiger partial charge >= 0.3 is 0 Å². The Hall–Kier alpha value is -4.36. The lowest BCUT2D eigenvalue weighted by atomic mass is 9.57. The smallest absolute Gasteiger partial charge is 0.262 e. The van der Waals surface area contributed by atoms with E-state index < -0.39 is 11.4 Å². The highest BCUT2D eigenvalue weighted by Gasteiger charge is 2.81. The topological polar surface area (TPSA) is 66.4 Å². The number of hydrogen-bond donors (Lipinski definition) is 1. The number of fused-ring (bicyclic) bond motifs is 12. The van der Waals surface area contributed by atoms with Gasteiger partial charge in [-0.05, 0) is 56.6 Å². The van der Waals surface area contributed by atoms with Gasteiger partial charge in [-0.25, -0.2) is 4.89 Å². The number of rotatable bonds is 1. The highest BCUT2D eigenvalue weighted by atomic mass is 17.3. The van der Waals surface area contributed by atoms with Crippen molar-refractivity contribution in [3.05, 3.63) is 90.5 Å². The van der Waals surface area contributed by atoms with Crippen LogP contribution in [-0.4, -0.2) is 24.1 Å². The van der Waals surface area contributed by atoms with Crippen LogP contribution in [0.3, 0.4) is 0 Å². The molecule has 0 aliphatic carbocycles. The van der Waals surface area contributed by atoms with Crippen molar-refractivity contribution in [2.24, 2.45) is 10.8 Å². The molecule has 2 saturated heterocycles. The van der Waals surface area contributed by atoms with Gasteiger partial charge in [0.05, 0.1) is 6.61 Å². The summed E-state index contributed by atoms with van der Waals surface area (Å²) in [6.45, 7) is 11.3. The molecule has 3 aliphatic rings. The van der Waals surface area contributed by atoms with Gasteiger partial charge < -0.3 is 19.3 Å². The van der Waals surface area contributed by atoms with Crippen LogP contribution in [0.4, 0.5) is 0 Å². The lowest BCUT2D eigenvalue weighted by Crippen LogP contribution is -2.73. The van der Waals surface area contributed by atoms with Gasteiger partial charge in [-0.15, -0.1) is 0 Å². The van der Waals surface area contributed by atoms with E-state index in [9.17, 15) is 5.11 Å². The van der Waals surface area contributed by atoms with Crippen molar-refractivity contribution in [2.75, 3.05) is 13.4 Å². The molecule has 1 N–H and O–H groups in total. The number of phenolic OH excluding ortho intramolecular Hbond substituents is 1. The molecular weight excluding hydrogens is 564 g/mol. The van der Waals surface area contributed by atoms with Gasteiger partial charge in [0.15, 0.2) is 5.60 Å². The van der Waals surface area contributed by atoms with Crippen molar-refractivity contribution >= 4 is 43.1 Å². The van der Waals surface area contributed by atoms with Crippen molar-refractivity contribution in [3.63, 3.8) is 0 Å². The minimum absolute atomic E-state index is 0.0916. The number of aromatic hydroxyl groups is 1. The fourth-order valence-electron chi connectivity index (χ4n) is 8.68. The second-order valence-electron chi connectivity index (χ2n) is 14.3. The molecule has 45 heavy (non-hydrogen) atoms. The summed E-state index contributed by atoms with van der Waals surface area (Å²) >= 11 is 0. The first-order valence-corrected chi connectivity index (χ1v) is 15.5. The first-order valence-electron chi connectivity index (χ1n) is 15.5. The molecule has 6 heteroatoms. The van der Waals surface area contributed by atoms with E-state index in [2.05, 4.69) is 95.3 Å². The minimum Gasteiger partial charge on any atom is -0.508 e. The normalized spacial score (nSPS) is 23.6. The third-order valence-electron chi connectivity index (χ3n) is 10.4. The van der Waals surface area contributed by atoms with Gasteiger partial charge in [0.1, 0.15) is 17.2 Å². The van der Waals surface area contributed by atoms with Crippen LogP contribution >= 0.6 is 0 Å². The SMILES string of the molecule is CC(C)(C)C12OOC1(c1cc(O)cc3c1ccc1ccc4c(c13)-c1c(ccc3ccc5ccccc5c13)OCO4)OCC2(C)C. The van der Waals surface area contributed by atoms with Gasteiger partial charge in [-0.1, -0.05) is 95.3 Å². The summed E-state index contributed by atoms with van der Waals surface area (Å²) in [7, 11) is 0. The summed E-state index contributed by atoms with van der Waals surface area (Å²) in [4.78, 5) is 12.2. The third kappa shape index (κ3) is 3.24. The molecule has 0 saturated carbocycles. The highest BCUT2D eigenvalue weighted by Crippen LogP contribution is 2.70. The van der Waals surface area contributed by atoms with Gasteiger partial charge in [0, 0.05) is 38.3 Å². The molecule has 6 aromatic carbocycles. The van der Waals surface area contributed by atoms with Crippen molar-refractivity contribution in [1.29, 1.82) is 0 Å². The second kappa shape index (κ2) is 8.67. The average molecular weight is 599 g/mol. The molecule has 6 aromatic rings. The maximum atomic E-state index is 11.4. The molecule has 226 valence electrons. The van der Waals surface area contributed by atoms with Gasteiger partial charge in [0.25, 0.3) is 5.79 Å². The van der Waals surface area contributed by atoms with E-state index in [-0.39, 0.29) is 23.4 Å². The number of phenols is 1. The molecule has 0 aromatic heterocycles. The van der Waals surface area contributed by atoms with Crippen molar-refractivity contribution < 1.29 is 29.1 Å². The Bertz CT molecular complexity index is 2250. The minimum atomic E-state index is -1.20.